The molecular weight excluding hydrogens is 248 g/mol. The van der Waals surface area contributed by atoms with Crippen LogP contribution in [0, 0.1) is 0 Å². The molecule has 0 fully saturated rings. The van der Waals surface area contributed by atoms with Crippen molar-refractivity contribution in [2.75, 3.05) is 6.26 Å². The highest BCUT2D eigenvalue weighted by molar-refractivity contribution is 7.90. The third-order valence-corrected chi connectivity index (χ3v) is 3.49. The summed E-state index contributed by atoms with van der Waals surface area (Å²) in [7, 11) is -3.20. The van der Waals surface area contributed by atoms with Gasteiger partial charge in [0.05, 0.1) is 10.9 Å². The lowest BCUT2D eigenvalue weighted by Gasteiger charge is -2.12. The van der Waals surface area contributed by atoms with E-state index >= 15 is 0 Å². The Morgan fingerprint density at radius 1 is 1.24 bits per heavy atom. The van der Waals surface area contributed by atoms with Crippen LogP contribution in [0.2, 0.25) is 0 Å². The minimum atomic E-state index is -3.20. The second-order valence-corrected chi connectivity index (χ2v) is 5.94. The van der Waals surface area contributed by atoms with Crippen molar-refractivity contribution < 1.29 is 17.2 Å². The van der Waals surface area contributed by atoms with E-state index < -0.39 is 22.3 Å². The first-order valence-corrected chi connectivity index (χ1v) is 7.00. The van der Waals surface area contributed by atoms with Crippen molar-refractivity contribution >= 4 is 9.84 Å². The Kier molecular flexibility index (Phi) is 4.59. The topological polar surface area (TPSA) is 46.2 Å². The fraction of sp³-hybridized carbons (Fsp3) is 0.455. The number of halogens is 2. The maximum Gasteiger partial charge on any atom is 0.253 e. The van der Waals surface area contributed by atoms with Crippen LogP contribution in [0.4, 0.5) is 8.78 Å². The minimum absolute atomic E-state index is 0.225. The Labute approximate surface area is 99.8 Å². The molecule has 17 heavy (non-hydrogen) atoms. The summed E-state index contributed by atoms with van der Waals surface area (Å²) in [5.41, 5.74) is 0.768. The van der Waals surface area contributed by atoms with E-state index in [1.54, 1.807) is 12.1 Å². The Hall–Kier alpha value is -1.01. The summed E-state index contributed by atoms with van der Waals surface area (Å²) >= 11 is 0. The Morgan fingerprint density at radius 3 is 2.18 bits per heavy atom. The van der Waals surface area contributed by atoms with Gasteiger partial charge in [-0.3, -0.25) is 0 Å². The van der Waals surface area contributed by atoms with Gasteiger partial charge in [-0.05, 0) is 24.6 Å². The van der Waals surface area contributed by atoms with Crippen LogP contribution in [0.3, 0.4) is 0 Å². The molecule has 0 saturated carbocycles. The molecule has 0 radical (unpaired) electrons. The smallest absolute Gasteiger partial charge is 0.253 e. The molecule has 1 N–H and O–H groups in total. The predicted molar refractivity (Wildman–Crippen MR) is 61.9 cm³/mol. The van der Waals surface area contributed by atoms with Gasteiger partial charge in [-0.25, -0.2) is 17.2 Å². The lowest BCUT2D eigenvalue weighted by Crippen LogP contribution is -2.31. The normalized spacial score (nSPS) is 13.9. The fourth-order valence-corrected chi connectivity index (χ4v) is 1.85. The summed E-state index contributed by atoms with van der Waals surface area (Å²) in [5, 5.41) is 2.66. The standard InChI is InChI=1S/C11H15F2NO2S/c1-8(11(12)13)14-7-9-3-5-10(6-4-9)17(2,15)16/h3-6,8,11,14H,7H2,1-2H3. The Bertz CT molecular complexity index is 457. The van der Waals surface area contributed by atoms with E-state index in [9.17, 15) is 17.2 Å². The number of hydrogen-bond donors (Lipinski definition) is 1. The quantitative estimate of drug-likeness (QED) is 0.881. The largest absolute Gasteiger partial charge is 0.305 e. The van der Waals surface area contributed by atoms with E-state index in [1.165, 1.54) is 19.1 Å². The predicted octanol–water partition coefficient (Wildman–Crippen LogP) is 1.83. The average Bonchev–Trinajstić information content (AvgIpc) is 2.25. The molecule has 1 rings (SSSR count). The summed E-state index contributed by atoms with van der Waals surface area (Å²) in [4.78, 5) is 0.225. The Balaban J connectivity index is 2.64. The molecule has 0 bridgehead atoms. The van der Waals surface area contributed by atoms with Crippen molar-refractivity contribution in [3.63, 3.8) is 0 Å². The molecule has 0 heterocycles. The van der Waals surface area contributed by atoms with Crippen molar-refractivity contribution in [2.45, 2.75) is 30.8 Å². The summed E-state index contributed by atoms with van der Waals surface area (Å²) in [6.45, 7) is 1.69. The summed E-state index contributed by atoms with van der Waals surface area (Å²) < 4.78 is 46.8. The second kappa shape index (κ2) is 5.55. The van der Waals surface area contributed by atoms with Gasteiger partial charge in [0, 0.05) is 12.8 Å². The molecule has 96 valence electrons. The third-order valence-electron chi connectivity index (χ3n) is 2.36. The van der Waals surface area contributed by atoms with Crippen molar-refractivity contribution in [1.29, 1.82) is 0 Å². The molecule has 0 aromatic heterocycles. The molecular formula is C11H15F2NO2S. The summed E-state index contributed by atoms with van der Waals surface area (Å²) in [6, 6.07) is 5.28. The van der Waals surface area contributed by atoms with Gasteiger partial charge in [0.1, 0.15) is 0 Å². The van der Waals surface area contributed by atoms with Gasteiger partial charge in [0.15, 0.2) is 9.84 Å². The van der Waals surface area contributed by atoms with Crippen LogP contribution in [0.25, 0.3) is 0 Å². The van der Waals surface area contributed by atoms with Gasteiger partial charge in [-0.15, -0.1) is 0 Å². The SMILES string of the molecule is CC(NCc1ccc(S(C)(=O)=O)cc1)C(F)F. The maximum atomic E-state index is 12.2. The molecule has 0 aliphatic carbocycles. The Morgan fingerprint density at radius 2 is 1.76 bits per heavy atom. The molecule has 0 saturated heterocycles. The number of hydrogen-bond acceptors (Lipinski definition) is 3. The lowest BCUT2D eigenvalue weighted by atomic mass is 10.2. The molecule has 1 unspecified atom stereocenters. The number of sulfone groups is 1. The van der Waals surface area contributed by atoms with Crippen LogP contribution in [0.15, 0.2) is 29.2 Å². The maximum absolute atomic E-state index is 12.2. The molecule has 0 spiro atoms. The molecule has 0 aliphatic rings. The van der Waals surface area contributed by atoms with Crippen molar-refractivity contribution in [3.8, 4) is 0 Å². The monoisotopic (exact) mass is 263 g/mol. The van der Waals surface area contributed by atoms with Gasteiger partial charge in [0.2, 0.25) is 0 Å². The highest BCUT2D eigenvalue weighted by Crippen LogP contribution is 2.10. The molecule has 1 aromatic carbocycles. The summed E-state index contributed by atoms with van der Waals surface area (Å²) in [5.74, 6) is 0. The van der Waals surface area contributed by atoms with E-state index in [4.69, 9.17) is 0 Å². The van der Waals surface area contributed by atoms with Crippen LogP contribution < -0.4 is 5.32 Å². The van der Waals surface area contributed by atoms with Crippen molar-refractivity contribution in [2.24, 2.45) is 0 Å². The third kappa shape index (κ3) is 4.40. The van der Waals surface area contributed by atoms with Crippen LogP contribution in [-0.2, 0) is 16.4 Å². The molecule has 0 aliphatic heterocycles. The van der Waals surface area contributed by atoms with Gasteiger partial charge >= 0.3 is 0 Å². The zero-order valence-corrected chi connectivity index (χ0v) is 10.5. The van der Waals surface area contributed by atoms with Crippen molar-refractivity contribution in [3.05, 3.63) is 29.8 Å². The highest BCUT2D eigenvalue weighted by atomic mass is 32.2. The van der Waals surface area contributed by atoms with E-state index in [0.29, 0.717) is 0 Å². The van der Waals surface area contributed by atoms with Gasteiger partial charge in [-0.2, -0.15) is 0 Å². The second-order valence-electron chi connectivity index (χ2n) is 3.92. The molecule has 6 heteroatoms. The van der Waals surface area contributed by atoms with E-state index in [2.05, 4.69) is 5.32 Å². The van der Waals surface area contributed by atoms with Crippen LogP contribution in [-0.4, -0.2) is 27.1 Å². The molecule has 3 nitrogen and oxygen atoms in total. The zero-order chi connectivity index (χ0) is 13.1. The highest BCUT2D eigenvalue weighted by Gasteiger charge is 2.13. The minimum Gasteiger partial charge on any atom is -0.305 e. The van der Waals surface area contributed by atoms with E-state index in [0.717, 1.165) is 11.8 Å². The number of alkyl halides is 2. The van der Waals surface area contributed by atoms with E-state index in [1.807, 2.05) is 0 Å². The first-order valence-electron chi connectivity index (χ1n) is 5.11. The molecule has 1 atom stereocenters. The zero-order valence-electron chi connectivity index (χ0n) is 9.65. The molecule has 0 amide bonds. The van der Waals surface area contributed by atoms with Gasteiger partial charge in [0.25, 0.3) is 6.43 Å². The summed E-state index contributed by atoms with van der Waals surface area (Å²) in [6.07, 6.45) is -1.29. The lowest BCUT2D eigenvalue weighted by molar-refractivity contribution is 0.105. The van der Waals surface area contributed by atoms with E-state index in [-0.39, 0.29) is 11.4 Å². The van der Waals surface area contributed by atoms with Crippen LogP contribution in [0.5, 0.6) is 0 Å². The number of nitrogens with one attached hydrogen (secondary N) is 1. The first-order chi connectivity index (χ1) is 7.80. The van der Waals surface area contributed by atoms with Gasteiger partial charge < -0.3 is 5.32 Å². The average molecular weight is 263 g/mol. The van der Waals surface area contributed by atoms with Gasteiger partial charge in [-0.1, -0.05) is 12.1 Å². The molecule has 1 aromatic rings. The number of rotatable bonds is 5. The first kappa shape index (κ1) is 14.1. The number of benzene rings is 1. The fourth-order valence-electron chi connectivity index (χ4n) is 1.22. The van der Waals surface area contributed by atoms with Crippen LogP contribution in [0.1, 0.15) is 12.5 Å². The van der Waals surface area contributed by atoms with Crippen molar-refractivity contribution in [1.82, 2.24) is 5.32 Å². The van der Waals surface area contributed by atoms with Crippen LogP contribution >= 0.6 is 0 Å².